The first-order valence-electron chi connectivity index (χ1n) is 8.11. The van der Waals surface area contributed by atoms with Gasteiger partial charge in [-0.25, -0.2) is 15.0 Å². The molecule has 1 fully saturated rings. The molecule has 0 radical (unpaired) electrons. The van der Waals surface area contributed by atoms with Crippen molar-refractivity contribution in [2.24, 2.45) is 0 Å². The van der Waals surface area contributed by atoms with E-state index in [1.807, 2.05) is 30.5 Å². The van der Waals surface area contributed by atoms with Gasteiger partial charge in [0.25, 0.3) is 0 Å². The molecule has 6 heteroatoms. The minimum absolute atomic E-state index is 0.678. The first-order chi connectivity index (χ1) is 11.9. The van der Waals surface area contributed by atoms with Gasteiger partial charge in [0.15, 0.2) is 0 Å². The van der Waals surface area contributed by atoms with Crippen LogP contribution in [0.15, 0.2) is 48.9 Å². The maximum atomic E-state index is 5.38. The second kappa shape index (κ2) is 6.80. The molecule has 0 unspecified atom stereocenters. The van der Waals surface area contributed by atoms with Crippen LogP contribution in [0, 0.1) is 0 Å². The molecular formula is C18H19N5O. The van der Waals surface area contributed by atoms with E-state index in [9.17, 15) is 0 Å². The Morgan fingerprint density at radius 2 is 1.88 bits per heavy atom. The second-order valence-corrected chi connectivity index (χ2v) is 5.72. The first-order valence-corrected chi connectivity index (χ1v) is 8.11. The molecule has 6 nitrogen and oxygen atoms in total. The lowest BCUT2D eigenvalue weighted by Crippen LogP contribution is -2.36. The van der Waals surface area contributed by atoms with Gasteiger partial charge >= 0.3 is 0 Å². The standard InChI is InChI=1S/C18H19N5O/c1-2-4-16-15(3-1)18(22-13-21-16)20-12-14-5-6-17(19-11-14)23-7-9-24-10-8-23/h1-6,11,13H,7-10,12H2,(H,20,21,22). The van der Waals surface area contributed by atoms with Crippen molar-refractivity contribution < 1.29 is 4.74 Å². The zero-order valence-corrected chi connectivity index (χ0v) is 13.4. The van der Waals surface area contributed by atoms with Gasteiger partial charge in [0, 0.05) is 31.2 Å². The Morgan fingerprint density at radius 3 is 2.71 bits per heavy atom. The van der Waals surface area contributed by atoms with Crippen LogP contribution in [-0.2, 0) is 11.3 Å². The highest BCUT2D eigenvalue weighted by Gasteiger charge is 2.12. The van der Waals surface area contributed by atoms with E-state index in [4.69, 9.17) is 4.74 Å². The summed E-state index contributed by atoms with van der Waals surface area (Å²) in [6.45, 7) is 4.02. The van der Waals surface area contributed by atoms with Crippen molar-refractivity contribution in [1.29, 1.82) is 0 Å². The molecule has 0 amide bonds. The van der Waals surface area contributed by atoms with Crippen LogP contribution < -0.4 is 10.2 Å². The van der Waals surface area contributed by atoms with E-state index < -0.39 is 0 Å². The molecular weight excluding hydrogens is 302 g/mol. The predicted octanol–water partition coefficient (Wildman–Crippen LogP) is 2.47. The normalized spacial score (nSPS) is 14.8. The molecule has 0 bridgehead atoms. The Kier molecular flexibility index (Phi) is 4.20. The summed E-state index contributed by atoms with van der Waals surface area (Å²) >= 11 is 0. The van der Waals surface area contributed by atoms with Crippen LogP contribution in [0.2, 0.25) is 0 Å². The van der Waals surface area contributed by atoms with E-state index >= 15 is 0 Å². The molecule has 2 aromatic heterocycles. The second-order valence-electron chi connectivity index (χ2n) is 5.72. The monoisotopic (exact) mass is 321 g/mol. The number of hydrogen-bond acceptors (Lipinski definition) is 6. The van der Waals surface area contributed by atoms with Crippen LogP contribution >= 0.6 is 0 Å². The van der Waals surface area contributed by atoms with Crippen molar-refractivity contribution in [2.45, 2.75) is 6.54 Å². The minimum atomic E-state index is 0.678. The van der Waals surface area contributed by atoms with E-state index in [2.05, 4.69) is 37.3 Å². The number of fused-ring (bicyclic) bond motifs is 1. The van der Waals surface area contributed by atoms with Crippen molar-refractivity contribution in [3.8, 4) is 0 Å². The Bertz CT molecular complexity index is 810. The van der Waals surface area contributed by atoms with Gasteiger partial charge in [-0.15, -0.1) is 0 Å². The zero-order chi connectivity index (χ0) is 16.2. The van der Waals surface area contributed by atoms with Gasteiger partial charge in [0.2, 0.25) is 0 Å². The number of nitrogens with one attached hydrogen (secondary N) is 1. The number of para-hydroxylation sites is 1. The smallest absolute Gasteiger partial charge is 0.137 e. The molecule has 1 aliphatic heterocycles. The molecule has 4 rings (SSSR count). The summed E-state index contributed by atoms with van der Waals surface area (Å²) in [5.74, 6) is 1.85. The molecule has 0 saturated carbocycles. The van der Waals surface area contributed by atoms with Crippen molar-refractivity contribution in [1.82, 2.24) is 15.0 Å². The highest BCUT2D eigenvalue weighted by molar-refractivity contribution is 5.88. The van der Waals surface area contributed by atoms with Crippen LogP contribution in [0.4, 0.5) is 11.6 Å². The van der Waals surface area contributed by atoms with Crippen LogP contribution in [-0.4, -0.2) is 41.3 Å². The molecule has 122 valence electrons. The summed E-state index contributed by atoms with van der Waals surface area (Å²) < 4.78 is 5.38. The van der Waals surface area contributed by atoms with Crippen LogP contribution in [0.25, 0.3) is 10.9 Å². The highest BCUT2D eigenvalue weighted by Crippen LogP contribution is 2.19. The third kappa shape index (κ3) is 3.14. The number of rotatable bonds is 4. The fourth-order valence-electron chi connectivity index (χ4n) is 2.83. The Labute approximate surface area is 140 Å². The summed E-state index contributed by atoms with van der Waals surface area (Å²) in [7, 11) is 0. The van der Waals surface area contributed by atoms with Crippen molar-refractivity contribution in [3.63, 3.8) is 0 Å². The maximum absolute atomic E-state index is 5.38. The molecule has 1 saturated heterocycles. The lowest BCUT2D eigenvalue weighted by Gasteiger charge is -2.27. The third-order valence-electron chi connectivity index (χ3n) is 4.15. The van der Waals surface area contributed by atoms with E-state index in [0.717, 1.165) is 54.4 Å². The topological polar surface area (TPSA) is 63.2 Å². The molecule has 3 heterocycles. The molecule has 0 spiro atoms. The molecule has 0 aliphatic carbocycles. The van der Waals surface area contributed by atoms with Crippen molar-refractivity contribution in [2.75, 3.05) is 36.5 Å². The average molecular weight is 321 g/mol. The van der Waals surface area contributed by atoms with E-state index in [1.165, 1.54) is 0 Å². The van der Waals surface area contributed by atoms with E-state index in [0.29, 0.717) is 6.54 Å². The summed E-state index contributed by atoms with van der Waals surface area (Å²) in [6.07, 6.45) is 3.51. The maximum Gasteiger partial charge on any atom is 0.137 e. The van der Waals surface area contributed by atoms with Crippen LogP contribution in [0.3, 0.4) is 0 Å². The van der Waals surface area contributed by atoms with Crippen molar-refractivity contribution >= 4 is 22.5 Å². The fraction of sp³-hybridized carbons (Fsp3) is 0.278. The third-order valence-corrected chi connectivity index (χ3v) is 4.15. The van der Waals surface area contributed by atoms with E-state index in [-0.39, 0.29) is 0 Å². The molecule has 1 aliphatic rings. The number of nitrogens with zero attached hydrogens (tertiary/aromatic N) is 4. The highest BCUT2D eigenvalue weighted by atomic mass is 16.5. The summed E-state index contributed by atoms with van der Waals surface area (Å²) in [5.41, 5.74) is 2.06. The number of hydrogen-bond donors (Lipinski definition) is 1. The lowest BCUT2D eigenvalue weighted by molar-refractivity contribution is 0.122. The number of anilines is 2. The lowest BCUT2D eigenvalue weighted by atomic mass is 10.2. The Morgan fingerprint density at radius 1 is 1.00 bits per heavy atom. The molecule has 1 N–H and O–H groups in total. The number of benzene rings is 1. The molecule has 0 atom stereocenters. The predicted molar refractivity (Wildman–Crippen MR) is 94.1 cm³/mol. The summed E-state index contributed by atoms with van der Waals surface area (Å²) in [5, 5.41) is 4.40. The van der Waals surface area contributed by atoms with Gasteiger partial charge < -0.3 is 15.0 Å². The van der Waals surface area contributed by atoms with Gasteiger partial charge in [-0.2, -0.15) is 0 Å². The molecule has 1 aromatic carbocycles. The van der Waals surface area contributed by atoms with Crippen molar-refractivity contribution in [3.05, 3.63) is 54.5 Å². The minimum Gasteiger partial charge on any atom is -0.378 e. The zero-order valence-electron chi connectivity index (χ0n) is 13.4. The number of morpholine rings is 1. The van der Waals surface area contributed by atoms with Gasteiger partial charge in [-0.05, 0) is 23.8 Å². The summed E-state index contributed by atoms with van der Waals surface area (Å²) in [4.78, 5) is 15.5. The van der Waals surface area contributed by atoms with Crippen LogP contribution in [0.1, 0.15) is 5.56 Å². The number of pyridine rings is 1. The number of ether oxygens (including phenoxy) is 1. The van der Waals surface area contributed by atoms with Crippen LogP contribution in [0.5, 0.6) is 0 Å². The summed E-state index contributed by atoms with van der Waals surface area (Å²) in [6, 6.07) is 12.2. The quantitative estimate of drug-likeness (QED) is 0.796. The average Bonchev–Trinajstić information content (AvgIpc) is 2.67. The van der Waals surface area contributed by atoms with Gasteiger partial charge in [0.05, 0.1) is 18.7 Å². The van der Waals surface area contributed by atoms with E-state index in [1.54, 1.807) is 6.33 Å². The fourth-order valence-corrected chi connectivity index (χ4v) is 2.83. The number of aromatic nitrogens is 3. The SMILES string of the molecule is c1ccc2c(NCc3ccc(N4CCOCC4)nc3)ncnc2c1. The molecule has 3 aromatic rings. The van der Waals surface area contributed by atoms with Gasteiger partial charge in [-0.3, -0.25) is 0 Å². The van der Waals surface area contributed by atoms with Gasteiger partial charge in [0.1, 0.15) is 18.0 Å². The first kappa shape index (κ1) is 14.8. The Hall–Kier alpha value is -2.73. The largest absolute Gasteiger partial charge is 0.378 e. The van der Waals surface area contributed by atoms with Gasteiger partial charge in [-0.1, -0.05) is 18.2 Å². The molecule has 24 heavy (non-hydrogen) atoms. The Balaban J connectivity index is 1.45.